The van der Waals surface area contributed by atoms with Crippen LogP contribution in [0, 0.1) is 5.92 Å². The molecule has 0 aromatic rings. The van der Waals surface area contributed by atoms with Crippen LogP contribution in [0.25, 0.3) is 0 Å². The van der Waals surface area contributed by atoms with Gasteiger partial charge in [0, 0.05) is 49.5 Å². The summed E-state index contributed by atoms with van der Waals surface area (Å²) in [5, 5.41) is 0.815. The molecule has 3 aliphatic rings. The molecule has 2 aliphatic heterocycles. The highest BCUT2D eigenvalue weighted by atomic mass is 33.1. The number of hydrogen-bond donors (Lipinski definition) is 0. The predicted octanol–water partition coefficient (Wildman–Crippen LogP) is 3.56. The zero-order valence-electron chi connectivity index (χ0n) is 14.6. The van der Waals surface area contributed by atoms with Gasteiger partial charge in [0.1, 0.15) is 0 Å². The first-order chi connectivity index (χ1) is 11.7. The van der Waals surface area contributed by atoms with Crippen LogP contribution in [0.3, 0.4) is 0 Å². The van der Waals surface area contributed by atoms with Crippen LogP contribution in [-0.4, -0.2) is 58.8 Å². The summed E-state index contributed by atoms with van der Waals surface area (Å²) in [6.45, 7) is 2.92. The lowest BCUT2D eigenvalue weighted by Crippen LogP contribution is -2.51. The number of carbonyl (C=O) groups excluding carboxylic acids is 2. The first kappa shape index (κ1) is 18.4. The third-order valence-electron chi connectivity index (χ3n) is 5.54. The summed E-state index contributed by atoms with van der Waals surface area (Å²) in [7, 11) is 4.02. The van der Waals surface area contributed by atoms with E-state index in [1.165, 1.54) is 37.9 Å². The highest BCUT2D eigenvalue weighted by molar-refractivity contribution is 8.77. The van der Waals surface area contributed by atoms with Crippen molar-refractivity contribution in [2.75, 3.05) is 31.9 Å². The number of amides is 2. The molecule has 1 saturated carbocycles. The molecule has 2 saturated heterocycles. The molecule has 3 fully saturated rings. The van der Waals surface area contributed by atoms with Crippen LogP contribution >= 0.6 is 21.6 Å². The number of rotatable bonds is 6. The van der Waals surface area contributed by atoms with Crippen LogP contribution in [0.15, 0.2) is 0 Å². The molecule has 1 unspecified atom stereocenters. The highest BCUT2D eigenvalue weighted by Gasteiger charge is 2.30. The lowest BCUT2D eigenvalue weighted by molar-refractivity contribution is -0.142. The fourth-order valence-electron chi connectivity index (χ4n) is 3.98. The van der Waals surface area contributed by atoms with E-state index in [4.69, 9.17) is 0 Å². The van der Waals surface area contributed by atoms with Crippen molar-refractivity contribution in [2.45, 2.75) is 63.0 Å². The van der Waals surface area contributed by atoms with Gasteiger partial charge < -0.3 is 9.80 Å². The summed E-state index contributed by atoms with van der Waals surface area (Å²) >= 11 is 0. The van der Waals surface area contributed by atoms with E-state index in [1.807, 2.05) is 31.4 Å². The average molecular weight is 371 g/mol. The minimum atomic E-state index is 0.263. The maximum Gasteiger partial charge on any atom is 0.225 e. The topological polar surface area (TPSA) is 40.6 Å². The molecular formula is C18H30N2O2S2. The van der Waals surface area contributed by atoms with Crippen LogP contribution < -0.4 is 0 Å². The molecule has 0 spiro atoms. The Morgan fingerprint density at radius 2 is 1.62 bits per heavy atom. The Bertz CT molecular complexity index is 427. The minimum Gasteiger partial charge on any atom is -0.339 e. The largest absolute Gasteiger partial charge is 0.339 e. The second kappa shape index (κ2) is 9.37. The van der Waals surface area contributed by atoms with E-state index < -0.39 is 0 Å². The van der Waals surface area contributed by atoms with Gasteiger partial charge in [-0.25, -0.2) is 0 Å². The Hall–Kier alpha value is -0.360. The number of unbranched alkanes of at least 4 members (excludes halogenated alkanes) is 1. The van der Waals surface area contributed by atoms with Crippen molar-refractivity contribution in [1.29, 1.82) is 0 Å². The van der Waals surface area contributed by atoms with Crippen molar-refractivity contribution in [3.63, 3.8) is 0 Å². The second-order valence-electron chi connectivity index (χ2n) is 7.26. The normalized spacial score (nSPS) is 25.4. The Balaban J connectivity index is 1.30. The number of hydrogen-bond acceptors (Lipinski definition) is 4. The summed E-state index contributed by atoms with van der Waals surface area (Å²) in [6, 6.07) is 0. The van der Waals surface area contributed by atoms with Crippen molar-refractivity contribution in [3.05, 3.63) is 0 Å². The monoisotopic (exact) mass is 370 g/mol. The predicted molar refractivity (Wildman–Crippen MR) is 102 cm³/mol. The molecule has 0 bridgehead atoms. The minimum absolute atomic E-state index is 0.263. The summed E-state index contributed by atoms with van der Waals surface area (Å²) in [5.74, 6) is 2.18. The maximum atomic E-state index is 12.4. The van der Waals surface area contributed by atoms with Crippen molar-refractivity contribution < 1.29 is 9.59 Å². The SMILES string of the molecule is O=C(CCCCC1CCSS1)N1CCN(C(=O)C2CCCC2)CC1. The first-order valence-electron chi connectivity index (χ1n) is 9.59. The first-order valence-corrected chi connectivity index (χ1v) is 12.0. The van der Waals surface area contributed by atoms with Crippen LogP contribution in [0.1, 0.15) is 57.8 Å². The molecule has 3 rings (SSSR count). The van der Waals surface area contributed by atoms with Crippen molar-refractivity contribution in [3.8, 4) is 0 Å². The average Bonchev–Trinajstić information content (AvgIpc) is 3.31. The van der Waals surface area contributed by atoms with Crippen molar-refractivity contribution in [2.24, 2.45) is 5.92 Å². The lowest BCUT2D eigenvalue weighted by Gasteiger charge is -2.36. The highest BCUT2D eigenvalue weighted by Crippen LogP contribution is 2.39. The number of piperazine rings is 1. The fourth-order valence-corrected chi connectivity index (χ4v) is 7.01. The molecule has 6 heteroatoms. The summed E-state index contributed by atoms with van der Waals surface area (Å²) in [4.78, 5) is 28.7. The zero-order chi connectivity index (χ0) is 16.8. The summed E-state index contributed by atoms with van der Waals surface area (Å²) in [6.07, 6.45) is 9.99. The fraction of sp³-hybridized carbons (Fsp3) is 0.889. The van der Waals surface area contributed by atoms with E-state index in [0.717, 1.165) is 50.7 Å². The van der Waals surface area contributed by atoms with Gasteiger partial charge in [-0.3, -0.25) is 9.59 Å². The van der Waals surface area contributed by atoms with E-state index >= 15 is 0 Å². The van der Waals surface area contributed by atoms with E-state index in [1.54, 1.807) is 0 Å². The van der Waals surface area contributed by atoms with Gasteiger partial charge in [0.05, 0.1) is 0 Å². The van der Waals surface area contributed by atoms with Crippen LogP contribution in [-0.2, 0) is 9.59 Å². The molecule has 2 heterocycles. The Morgan fingerprint density at radius 3 is 2.29 bits per heavy atom. The Morgan fingerprint density at radius 1 is 0.917 bits per heavy atom. The molecule has 4 nitrogen and oxygen atoms in total. The third-order valence-corrected chi connectivity index (χ3v) is 8.55. The van der Waals surface area contributed by atoms with Crippen molar-refractivity contribution >= 4 is 33.4 Å². The smallest absolute Gasteiger partial charge is 0.225 e. The molecule has 1 atom stereocenters. The molecule has 0 radical (unpaired) electrons. The van der Waals surface area contributed by atoms with Gasteiger partial charge >= 0.3 is 0 Å². The van der Waals surface area contributed by atoms with Crippen LogP contribution in [0.2, 0.25) is 0 Å². The molecule has 1 aliphatic carbocycles. The van der Waals surface area contributed by atoms with Gasteiger partial charge in [-0.05, 0) is 32.1 Å². The van der Waals surface area contributed by atoms with Gasteiger partial charge in [0.25, 0.3) is 0 Å². The zero-order valence-corrected chi connectivity index (χ0v) is 16.2. The molecule has 2 amide bonds. The standard InChI is InChI=1S/C18H30N2O2S2/c21-17(8-4-3-7-16-9-14-23-24-16)19-10-12-20(13-11-19)18(22)15-5-1-2-6-15/h15-16H,1-14H2. The van der Waals surface area contributed by atoms with Crippen LogP contribution in [0.5, 0.6) is 0 Å². The Kier molecular flexibility index (Phi) is 7.20. The summed E-state index contributed by atoms with van der Waals surface area (Å²) in [5.41, 5.74) is 0. The van der Waals surface area contributed by atoms with Gasteiger partial charge in [-0.1, -0.05) is 40.9 Å². The van der Waals surface area contributed by atoms with Gasteiger partial charge in [-0.2, -0.15) is 0 Å². The van der Waals surface area contributed by atoms with E-state index in [2.05, 4.69) is 0 Å². The molecule has 24 heavy (non-hydrogen) atoms. The molecule has 0 N–H and O–H groups in total. The van der Waals surface area contributed by atoms with Gasteiger partial charge in [0.2, 0.25) is 11.8 Å². The van der Waals surface area contributed by atoms with E-state index in [9.17, 15) is 9.59 Å². The molecule has 0 aromatic heterocycles. The second-order valence-corrected chi connectivity index (χ2v) is 10.0. The molecule has 136 valence electrons. The summed E-state index contributed by atoms with van der Waals surface area (Å²) < 4.78 is 0. The third kappa shape index (κ3) is 5.07. The number of nitrogens with zero attached hydrogens (tertiary/aromatic N) is 2. The lowest BCUT2D eigenvalue weighted by atomic mass is 10.1. The quantitative estimate of drug-likeness (QED) is 0.529. The van der Waals surface area contributed by atoms with Gasteiger partial charge in [0.15, 0.2) is 0 Å². The van der Waals surface area contributed by atoms with Gasteiger partial charge in [-0.15, -0.1) is 0 Å². The molecular weight excluding hydrogens is 340 g/mol. The van der Waals surface area contributed by atoms with E-state index in [0.29, 0.717) is 12.3 Å². The van der Waals surface area contributed by atoms with Crippen molar-refractivity contribution in [1.82, 2.24) is 9.80 Å². The number of carbonyl (C=O) groups is 2. The molecule has 0 aromatic carbocycles. The van der Waals surface area contributed by atoms with E-state index in [-0.39, 0.29) is 11.8 Å². The van der Waals surface area contributed by atoms with Crippen LogP contribution in [0.4, 0.5) is 0 Å². The maximum absolute atomic E-state index is 12.4. The Labute approximate surface area is 153 Å².